The molecule has 0 fully saturated rings. The third-order valence-corrected chi connectivity index (χ3v) is 5.10. The Bertz CT molecular complexity index is 876. The van der Waals surface area contributed by atoms with Crippen molar-refractivity contribution in [1.82, 2.24) is 16.2 Å². The monoisotopic (exact) mass is 475 g/mol. The Morgan fingerprint density at radius 1 is 0.967 bits per heavy atom. The molecule has 8 heteroatoms. The Balaban J connectivity index is 1.94. The first-order valence-electron chi connectivity index (χ1n) is 9.69. The fourth-order valence-electron chi connectivity index (χ4n) is 2.62. The second-order valence-corrected chi connectivity index (χ2v) is 7.81. The van der Waals surface area contributed by atoms with E-state index in [2.05, 4.69) is 32.1 Å². The predicted octanol–water partition coefficient (Wildman–Crippen LogP) is 3.21. The number of hydrazine groups is 1. The molecule has 30 heavy (non-hydrogen) atoms. The van der Waals surface area contributed by atoms with E-state index in [1.54, 1.807) is 49.4 Å². The number of amides is 3. The van der Waals surface area contributed by atoms with Gasteiger partial charge in [0.05, 0.1) is 0 Å². The lowest BCUT2D eigenvalue weighted by atomic mass is 9.98. The zero-order valence-electron chi connectivity index (χ0n) is 17.1. The summed E-state index contributed by atoms with van der Waals surface area (Å²) in [7, 11) is 0. The lowest BCUT2D eigenvalue weighted by molar-refractivity contribution is -0.133. The molecular weight excluding hydrogens is 450 g/mol. The number of benzene rings is 2. The highest BCUT2D eigenvalue weighted by Gasteiger charge is 2.27. The molecule has 0 saturated heterocycles. The molecule has 2 aromatic carbocycles. The van der Waals surface area contributed by atoms with Crippen LogP contribution in [-0.2, 0) is 9.59 Å². The highest BCUT2D eigenvalue weighted by Crippen LogP contribution is 2.18. The van der Waals surface area contributed by atoms with Crippen LogP contribution in [0.2, 0.25) is 0 Å². The van der Waals surface area contributed by atoms with E-state index in [1.807, 2.05) is 26.0 Å². The number of hydrogen-bond donors (Lipinski definition) is 3. The average molecular weight is 476 g/mol. The Morgan fingerprint density at radius 3 is 2.27 bits per heavy atom. The minimum atomic E-state index is -0.833. The lowest BCUT2D eigenvalue weighted by Gasteiger charge is -2.24. The molecular formula is C22H26BrN3O4. The minimum Gasteiger partial charge on any atom is -0.481 e. The van der Waals surface area contributed by atoms with E-state index in [9.17, 15) is 14.4 Å². The largest absolute Gasteiger partial charge is 0.481 e. The second kappa shape index (κ2) is 11.3. The Morgan fingerprint density at radius 2 is 1.63 bits per heavy atom. The third-order valence-electron chi connectivity index (χ3n) is 4.61. The zero-order valence-corrected chi connectivity index (χ0v) is 18.7. The van der Waals surface area contributed by atoms with Crippen LogP contribution in [0.1, 0.15) is 37.6 Å². The van der Waals surface area contributed by atoms with Gasteiger partial charge in [-0.05, 0) is 43.2 Å². The lowest BCUT2D eigenvalue weighted by Crippen LogP contribution is -2.56. The van der Waals surface area contributed by atoms with E-state index in [0.29, 0.717) is 17.7 Å². The Labute approximate surface area is 184 Å². The van der Waals surface area contributed by atoms with Crippen LogP contribution in [0.3, 0.4) is 0 Å². The van der Waals surface area contributed by atoms with Crippen molar-refractivity contribution in [3.8, 4) is 5.75 Å². The molecule has 160 valence electrons. The average Bonchev–Trinajstić information content (AvgIpc) is 2.75. The summed E-state index contributed by atoms with van der Waals surface area (Å²) in [5.41, 5.74) is 5.21. The van der Waals surface area contributed by atoms with E-state index >= 15 is 0 Å². The fraction of sp³-hybridized carbons (Fsp3) is 0.318. The molecule has 0 aliphatic heterocycles. The van der Waals surface area contributed by atoms with Crippen molar-refractivity contribution in [2.24, 2.45) is 5.92 Å². The summed E-state index contributed by atoms with van der Waals surface area (Å²) >= 11 is 3.34. The maximum absolute atomic E-state index is 12.7. The van der Waals surface area contributed by atoms with Crippen LogP contribution < -0.4 is 20.9 Å². The summed E-state index contributed by atoms with van der Waals surface area (Å²) in [6.45, 7) is 5.36. The molecule has 2 rings (SSSR count). The Kier molecular flexibility index (Phi) is 8.86. The van der Waals surface area contributed by atoms with Gasteiger partial charge >= 0.3 is 0 Å². The van der Waals surface area contributed by atoms with Crippen LogP contribution in [0.5, 0.6) is 5.75 Å². The van der Waals surface area contributed by atoms with Gasteiger partial charge in [-0.2, -0.15) is 0 Å². The fourth-order valence-corrected chi connectivity index (χ4v) is 2.99. The summed E-state index contributed by atoms with van der Waals surface area (Å²) in [4.78, 5) is 37.4. The van der Waals surface area contributed by atoms with Crippen molar-refractivity contribution >= 4 is 33.7 Å². The number of carbonyl (C=O) groups is 3. The van der Waals surface area contributed by atoms with Crippen molar-refractivity contribution in [3.63, 3.8) is 0 Å². The quantitative estimate of drug-likeness (QED) is 0.510. The van der Waals surface area contributed by atoms with E-state index in [0.717, 1.165) is 4.47 Å². The number of rotatable bonds is 8. The van der Waals surface area contributed by atoms with E-state index in [4.69, 9.17) is 4.74 Å². The van der Waals surface area contributed by atoms with Crippen LogP contribution in [0.15, 0.2) is 59.1 Å². The van der Waals surface area contributed by atoms with Crippen LogP contribution in [-0.4, -0.2) is 29.9 Å². The standard InChI is InChI=1S/C22H26BrN3O4/c1-4-14(2)19(24-21(28)16-9-6-5-7-10-16)22(29)26-25-20(27)15(3)30-18-12-8-11-17(23)13-18/h5-15,19H,4H2,1-3H3,(H,24,28)(H,25,27)(H,26,29). The summed E-state index contributed by atoms with van der Waals surface area (Å²) in [5.74, 6) is -0.984. The molecule has 0 aliphatic carbocycles. The highest BCUT2D eigenvalue weighted by atomic mass is 79.9. The van der Waals surface area contributed by atoms with Crippen molar-refractivity contribution in [2.75, 3.05) is 0 Å². The van der Waals surface area contributed by atoms with Gasteiger partial charge in [0.2, 0.25) is 0 Å². The second-order valence-electron chi connectivity index (χ2n) is 6.90. The smallest absolute Gasteiger partial charge is 0.279 e. The first kappa shape index (κ1) is 23.4. The maximum Gasteiger partial charge on any atom is 0.279 e. The molecule has 3 unspecified atom stereocenters. The molecule has 7 nitrogen and oxygen atoms in total. The molecule has 3 amide bonds. The summed E-state index contributed by atoms with van der Waals surface area (Å²) in [6.07, 6.45) is -0.163. The normalized spacial score (nSPS) is 13.5. The van der Waals surface area contributed by atoms with Crippen molar-refractivity contribution in [3.05, 3.63) is 64.6 Å². The van der Waals surface area contributed by atoms with Crippen molar-refractivity contribution < 1.29 is 19.1 Å². The van der Waals surface area contributed by atoms with Gasteiger partial charge in [-0.25, -0.2) is 0 Å². The molecule has 0 spiro atoms. The molecule has 3 N–H and O–H groups in total. The Hall–Kier alpha value is -2.87. The third kappa shape index (κ3) is 6.88. The molecule has 0 bridgehead atoms. The van der Waals surface area contributed by atoms with Crippen molar-refractivity contribution in [1.29, 1.82) is 0 Å². The minimum absolute atomic E-state index is 0.134. The molecule has 0 aliphatic rings. The first-order chi connectivity index (χ1) is 14.3. The predicted molar refractivity (Wildman–Crippen MR) is 118 cm³/mol. The SMILES string of the molecule is CCC(C)C(NC(=O)c1ccccc1)C(=O)NNC(=O)C(C)Oc1cccc(Br)c1. The summed E-state index contributed by atoms with van der Waals surface area (Å²) in [6, 6.07) is 14.9. The molecule has 0 aromatic heterocycles. The molecule has 0 saturated carbocycles. The van der Waals surface area contributed by atoms with E-state index in [1.165, 1.54) is 0 Å². The van der Waals surface area contributed by atoms with Gasteiger partial charge in [-0.15, -0.1) is 0 Å². The van der Waals surface area contributed by atoms with Gasteiger partial charge in [0.25, 0.3) is 17.7 Å². The number of ether oxygens (including phenoxy) is 1. The van der Waals surface area contributed by atoms with Gasteiger partial charge in [-0.3, -0.25) is 25.2 Å². The molecule has 2 aromatic rings. The number of halogens is 1. The van der Waals surface area contributed by atoms with Crippen LogP contribution in [0.25, 0.3) is 0 Å². The number of nitrogens with one attached hydrogen (secondary N) is 3. The van der Waals surface area contributed by atoms with Gasteiger partial charge < -0.3 is 10.1 Å². The van der Waals surface area contributed by atoms with E-state index in [-0.39, 0.29) is 11.8 Å². The van der Waals surface area contributed by atoms with Gasteiger partial charge in [0.15, 0.2) is 6.10 Å². The first-order valence-corrected chi connectivity index (χ1v) is 10.5. The molecule has 0 heterocycles. The molecule has 0 radical (unpaired) electrons. The van der Waals surface area contributed by atoms with Crippen LogP contribution in [0, 0.1) is 5.92 Å². The number of hydrogen-bond acceptors (Lipinski definition) is 4. The summed E-state index contributed by atoms with van der Waals surface area (Å²) in [5, 5.41) is 2.74. The van der Waals surface area contributed by atoms with Crippen LogP contribution in [0.4, 0.5) is 0 Å². The van der Waals surface area contributed by atoms with E-state index < -0.39 is 24.0 Å². The topological polar surface area (TPSA) is 96.5 Å². The van der Waals surface area contributed by atoms with Crippen LogP contribution >= 0.6 is 15.9 Å². The highest BCUT2D eigenvalue weighted by molar-refractivity contribution is 9.10. The van der Waals surface area contributed by atoms with Gasteiger partial charge in [-0.1, -0.05) is 60.5 Å². The van der Waals surface area contributed by atoms with Gasteiger partial charge in [0, 0.05) is 10.0 Å². The number of carbonyl (C=O) groups excluding carboxylic acids is 3. The maximum atomic E-state index is 12.7. The zero-order chi connectivity index (χ0) is 22.1. The van der Waals surface area contributed by atoms with Crippen molar-refractivity contribution in [2.45, 2.75) is 39.3 Å². The van der Waals surface area contributed by atoms with Gasteiger partial charge in [0.1, 0.15) is 11.8 Å². The summed E-state index contributed by atoms with van der Waals surface area (Å²) < 4.78 is 6.40. The molecule has 3 atom stereocenters.